The van der Waals surface area contributed by atoms with E-state index in [1.807, 2.05) is 18.2 Å². The number of rotatable bonds is 7. The van der Waals surface area contributed by atoms with Crippen LogP contribution in [0.4, 0.5) is 17.5 Å². The summed E-state index contributed by atoms with van der Waals surface area (Å²) in [6, 6.07) is 12.7. The smallest absolute Gasteiger partial charge is 0.274 e. The molecule has 0 unspecified atom stereocenters. The molecule has 148 valence electrons. The van der Waals surface area contributed by atoms with Gasteiger partial charge in [0.2, 0.25) is 5.95 Å². The Labute approximate surface area is 168 Å². The normalized spacial score (nSPS) is 13.9. The number of benzene rings is 1. The molecule has 29 heavy (non-hydrogen) atoms. The van der Waals surface area contributed by atoms with Crippen molar-refractivity contribution >= 4 is 17.5 Å². The van der Waals surface area contributed by atoms with Crippen molar-refractivity contribution in [3.63, 3.8) is 0 Å². The number of para-hydroxylation sites is 1. The summed E-state index contributed by atoms with van der Waals surface area (Å²) in [5, 5.41) is 17.9. The summed E-state index contributed by atoms with van der Waals surface area (Å²) in [4.78, 5) is 24.3. The average molecular weight is 390 g/mol. The van der Waals surface area contributed by atoms with Crippen LogP contribution in [0, 0.1) is 10.1 Å². The minimum Gasteiger partial charge on any atom is -0.366 e. The molecular weight excluding hydrogens is 368 g/mol. The van der Waals surface area contributed by atoms with Crippen LogP contribution in [-0.2, 0) is 6.54 Å². The first-order valence-corrected chi connectivity index (χ1v) is 9.71. The highest BCUT2D eigenvalue weighted by atomic mass is 16.6. The van der Waals surface area contributed by atoms with Crippen LogP contribution in [0.25, 0.3) is 11.3 Å². The topological polar surface area (TPSA) is 106 Å². The van der Waals surface area contributed by atoms with Crippen LogP contribution < -0.4 is 10.6 Å². The maximum atomic E-state index is 11.3. The lowest BCUT2D eigenvalue weighted by Crippen LogP contribution is -2.17. The molecule has 0 radical (unpaired) electrons. The van der Waals surface area contributed by atoms with E-state index in [2.05, 4.69) is 25.6 Å². The van der Waals surface area contributed by atoms with Gasteiger partial charge in [-0.1, -0.05) is 31.0 Å². The number of nitro benzene ring substituents is 1. The van der Waals surface area contributed by atoms with Gasteiger partial charge in [-0.25, -0.2) is 4.98 Å². The largest absolute Gasteiger partial charge is 0.366 e. The Morgan fingerprint density at radius 1 is 1.10 bits per heavy atom. The van der Waals surface area contributed by atoms with Gasteiger partial charge in [-0.15, -0.1) is 0 Å². The summed E-state index contributed by atoms with van der Waals surface area (Å²) >= 11 is 0. The monoisotopic (exact) mass is 390 g/mol. The molecule has 2 aromatic heterocycles. The van der Waals surface area contributed by atoms with E-state index in [1.165, 1.54) is 18.9 Å². The minimum absolute atomic E-state index is 0.0887. The van der Waals surface area contributed by atoms with Gasteiger partial charge in [0.1, 0.15) is 5.82 Å². The highest BCUT2D eigenvalue weighted by Crippen LogP contribution is 2.25. The van der Waals surface area contributed by atoms with Crippen molar-refractivity contribution < 1.29 is 4.92 Å². The predicted octanol–water partition coefficient (Wildman–Crippen LogP) is 4.41. The minimum atomic E-state index is -0.370. The number of pyridine rings is 1. The third kappa shape index (κ3) is 4.66. The van der Waals surface area contributed by atoms with Crippen molar-refractivity contribution in [1.82, 2.24) is 15.0 Å². The van der Waals surface area contributed by atoms with Gasteiger partial charge in [0.05, 0.1) is 10.6 Å². The zero-order chi connectivity index (χ0) is 20.1. The predicted molar refractivity (Wildman–Crippen MR) is 112 cm³/mol. The lowest BCUT2D eigenvalue weighted by Gasteiger charge is -2.15. The molecule has 1 aliphatic carbocycles. The van der Waals surface area contributed by atoms with E-state index in [0.29, 0.717) is 29.9 Å². The molecule has 2 N–H and O–H groups in total. The first kappa shape index (κ1) is 18.8. The number of nitro groups is 1. The van der Waals surface area contributed by atoms with E-state index in [4.69, 9.17) is 0 Å². The highest BCUT2D eigenvalue weighted by Gasteiger charge is 2.17. The molecule has 0 amide bonds. The van der Waals surface area contributed by atoms with Gasteiger partial charge in [-0.3, -0.25) is 15.1 Å². The van der Waals surface area contributed by atoms with E-state index in [1.54, 1.807) is 30.6 Å². The fraction of sp³-hybridized carbons (Fsp3) is 0.286. The van der Waals surface area contributed by atoms with Gasteiger partial charge in [0.15, 0.2) is 0 Å². The van der Waals surface area contributed by atoms with E-state index < -0.39 is 0 Å². The Kier molecular flexibility index (Phi) is 5.60. The van der Waals surface area contributed by atoms with Crippen LogP contribution in [0.5, 0.6) is 0 Å². The van der Waals surface area contributed by atoms with Gasteiger partial charge in [-0.05, 0) is 25.0 Å². The number of nitrogens with zero attached hydrogens (tertiary/aromatic N) is 4. The van der Waals surface area contributed by atoms with Crippen LogP contribution in [0.3, 0.4) is 0 Å². The number of aromatic nitrogens is 3. The maximum Gasteiger partial charge on any atom is 0.274 e. The number of hydrogen-bond donors (Lipinski definition) is 2. The quantitative estimate of drug-likeness (QED) is 0.454. The van der Waals surface area contributed by atoms with Crippen LogP contribution in [-0.4, -0.2) is 25.9 Å². The van der Waals surface area contributed by atoms with Crippen molar-refractivity contribution in [2.45, 2.75) is 38.3 Å². The van der Waals surface area contributed by atoms with Gasteiger partial charge in [0.25, 0.3) is 5.69 Å². The highest BCUT2D eigenvalue weighted by molar-refractivity contribution is 5.63. The van der Waals surface area contributed by atoms with Crippen molar-refractivity contribution in [3.8, 4) is 11.3 Å². The third-order valence-corrected chi connectivity index (χ3v) is 5.02. The molecule has 2 heterocycles. The Morgan fingerprint density at radius 3 is 2.69 bits per heavy atom. The Bertz CT molecular complexity index is 989. The summed E-state index contributed by atoms with van der Waals surface area (Å²) in [5.41, 5.74) is 2.33. The lowest BCUT2D eigenvalue weighted by atomic mass is 10.1. The molecule has 0 spiro atoms. The lowest BCUT2D eigenvalue weighted by molar-refractivity contribution is -0.385. The second kappa shape index (κ2) is 8.64. The summed E-state index contributed by atoms with van der Waals surface area (Å²) in [5.74, 6) is 1.17. The fourth-order valence-electron chi connectivity index (χ4n) is 3.54. The Morgan fingerprint density at radius 2 is 1.93 bits per heavy atom. The van der Waals surface area contributed by atoms with Gasteiger partial charge < -0.3 is 10.6 Å². The van der Waals surface area contributed by atoms with Gasteiger partial charge in [-0.2, -0.15) is 4.98 Å². The molecule has 1 fully saturated rings. The van der Waals surface area contributed by atoms with E-state index in [-0.39, 0.29) is 10.6 Å². The summed E-state index contributed by atoms with van der Waals surface area (Å²) in [6.07, 6.45) is 8.12. The molecular formula is C21H22N6O2. The molecule has 1 saturated carbocycles. The van der Waals surface area contributed by atoms with Crippen molar-refractivity contribution in [3.05, 3.63) is 70.5 Å². The molecule has 3 aromatic rings. The Balaban J connectivity index is 1.60. The third-order valence-electron chi connectivity index (χ3n) is 5.02. The zero-order valence-corrected chi connectivity index (χ0v) is 15.9. The molecule has 8 heteroatoms. The average Bonchev–Trinajstić information content (AvgIpc) is 3.26. The fourth-order valence-corrected chi connectivity index (χ4v) is 3.54. The van der Waals surface area contributed by atoms with Crippen molar-refractivity contribution in [2.24, 2.45) is 0 Å². The second-order valence-corrected chi connectivity index (χ2v) is 7.07. The number of anilines is 2. The summed E-state index contributed by atoms with van der Waals surface area (Å²) in [7, 11) is 0. The van der Waals surface area contributed by atoms with Crippen molar-refractivity contribution in [2.75, 3.05) is 10.6 Å². The number of hydrogen-bond acceptors (Lipinski definition) is 7. The van der Waals surface area contributed by atoms with E-state index in [0.717, 1.165) is 24.1 Å². The molecule has 0 bridgehead atoms. The molecule has 0 saturated heterocycles. The van der Waals surface area contributed by atoms with Gasteiger partial charge in [0, 0.05) is 48.2 Å². The van der Waals surface area contributed by atoms with E-state index >= 15 is 0 Å². The van der Waals surface area contributed by atoms with Crippen LogP contribution >= 0.6 is 0 Å². The Hall–Kier alpha value is -3.55. The first-order valence-electron chi connectivity index (χ1n) is 9.71. The zero-order valence-electron chi connectivity index (χ0n) is 15.9. The standard InChI is InChI=1S/C21H22N6O2/c28-27(29)19-10-4-1-6-16(19)14-23-20-12-18(15-7-5-11-22-13-15)25-21(26-20)24-17-8-2-3-9-17/h1,4-7,10-13,17H,2-3,8-9,14H2,(H2,23,24,25,26). The van der Waals surface area contributed by atoms with Crippen molar-refractivity contribution in [1.29, 1.82) is 0 Å². The molecule has 1 aliphatic rings. The summed E-state index contributed by atoms with van der Waals surface area (Å²) in [6.45, 7) is 0.295. The van der Waals surface area contributed by atoms with E-state index in [9.17, 15) is 10.1 Å². The van der Waals surface area contributed by atoms with Crippen LogP contribution in [0.1, 0.15) is 31.2 Å². The SMILES string of the molecule is O=[N+]([O-])c1ccccc1CNc1cc(-c2cccnc2)nc(NC2CCCC2)n1. The molecule has 4 rings (SSSR count). The maximum absolute atomic E-state index is 11.3. The van der Waals surface area contributed by atoms with Crippen LogP contribution in [0.15, 0.2) is 54.9 Å². The molecule has 0 aliphatic heterocycles. The first-order chi connectivity index (χ1) is 14.2. The second-order valence-electron chi connectivity index (χ2n) is 7.07. The molecule has 8 nitrogen and oxygen atoms in total. The summed E-state index contributed by atoms with van der Waals surface area (Å²) < 4.78 is 0. The number of nitrogens with one attached hydrogen (secondary N) is 2. The van der Waals surface area contributed by atoms with Crippen LogP contribution in [0.2, 0.25) is 0 Å². The molecule has 1 aromatic carbocycles. The molecule has 0 atom stereocenters. The van der Waals surface area contributed by atoms with Gasteiger partial charge >= 0.3 is 0 Å².